The zero-order valence-electron chi connectivity index (χ0n) is 8.22. The first-order valence-electron chi connectivity index (χ1n) is 4.43. The van der Waals surface area contributed by atoms with Crippen LogP contribution in [0.25, 0.3) is 0 Å². The van der Waals surface area contributed by atoms with Crippen LogP contribution in [0.4, 0.5) is 0 Å². The molecule has 1 N–H and O–H groups in total. The highest BCUT2D eigenvalue weighted by Crippen LogP contribution is 2.49. The van der Waals surface area contributed by atoms with E-state index in [1.165, 1.54) is 7.11 Å². The Bertz CT molecular complexity index is 169. The molecule has 0 saturated heterocycles. The van der Waals surface area contributed by atoms with Gasteiger partial charge in [-0.3, -0.25) is 9.05 Å². The molecule has 14 heavy (non-hydrogen) atoms. The monoisotopic (exact) mass is 244 g/mol. The topological polar surface area (TPSA) is 65.0 Å². The molecule has 0 heterocycles. The fraction of sp³-hybridized carbons (Fsp3) is 1.00. The Kier molecular flexibility index (Phi) is 8.97. The Morgan fingerprint density at radius 1 is 1.29 bits per heavy atom. The normalized spacial score (nSPS) is 15.4. The van der Waals surface area contributed by atoms with Gasteiger partial charge in [0.15, 0.2) is 0 Å². The maximum absolute atomic E-state index is 11.3. The van der Waals surface area contributed by atoms with Crippen LogP contribution in [-0.2, 0) is 17.6 Å². The minimum Gasteiger partial charge on any atom is -0.396 e. The van der Waals surface area contributed by atoms with Crippen molar-refractivity contribution in [3.63, 3.8) is 0 Å². The quantitative estimate of drug-likeness (QED) is 0.281. The van der Waals surface area contributed by atoms with E-state index < -0.39 is 7.82 Å². The summed E-state index contributed by atoms with van der Waals surface area (Å²) in [4.78, 5) is 0. The van der Waals surface area contributed by atoms with Gasteiger partial charge in [-0.25, -0.2) is 8.54 Å². The van der Waals surface area contributed by atoms with Crippen molar-refractivity contribution in [1.29, 1.82) is 0 Å². The molecule has 0 rings (SSSR count). The van der Waals surface area contributed by atoms with Crippen LogP contribution in [0.15, 0.2) is 0 Å². The average Bonchev–Trinajstić information content (AvgIpc) is 2.23. The van der Waals surface area contributed by atoms with E-state index >= 15 is 0 Å². The number of hydrogen-bond acceptors (Lipinski definition) is 6. The number of rotatable bonds is 9. The number of hydrogen-bond donors (Lipinski definition) is 2. The van der Waals surface area contributed by atoms with Crippen molar-refractivity contribution in [1.82, 2.24) is 0 Å². The highest BCUT2D eigenvalue weighted by atomic mass is 32.1. The predicted octanol–water partition coefficient (Wildman–Crippen LogP) is 2.17. The van der Waals surface area contributed by atoms with E-state index in [1.807, 2.05) is 0 Å². The summed E-state index contributed by atoms with van der Waals surface area (Å²) in [6, 6.07) is 0. The zero-order chi connectivity index (χ0) is 10.9. The largest absolute Gasteiger partial charge is 0.485 e. The van der Waals surface area contributed by atoms with Crippen LogP contribution >= 0.6 is 20.7 Å². The van der Waals surface area contributed by atoms with Crippen LogP contribution in [0.2, 0.25) is 0 Å². The van der Waals surface area contributed by atoms with E-state index in [0.717, 1.165) is 25.7 Å². The third-order valence-corrected chi connectivity index (χ3v) is 3.37. The molecule has 0 aromatic heterocycles. The molecule has 1 unspecified atom stereocenters. The maximum Gasteiger partial charge on any atom is 0.485 e. The van der Waals surface area contributed by atoms with Crippen LogP contribution in [0.5, 0.6) is 0 Å². The van der Waals surface area contributed by atoms with Gasteiger partial charge < -0.3 is 5.11 Å². The molecule has 0 fully saturated rings. The standard InChI is InChI=1S/C7H17O5PS/c1-10-13(9,12-14)11-7-5-3-2-4-6-8/h8,14H,2-7H2,1H3. The lowest BCUT2D eigenvalue weighted by Gasteiger charge is -2.11. The van der Waals surface area contributed by atoms with E-state index in [0.29, 0.717) is 6.61 Å². The summed E-state index contributed by atoms with van der Waals surface area (Å²) in [5.74, 6) is 0. The lowest BCUT2D eigenvalue weighted by Crippen LogP contribution is -1.95. The number of aliphatic hydroxyl groups is 1. The first-order valence-corrected chi connectivity index (χ1v) is 6.25. The van der Waals surface area contributed by atoms with Crippen molar-refractivity contribution in [3.05, 3.63) is 0 Å². The highest BCUT2D eigenvalue weighted by Gasteiger charge is 2.22. The molecule has 0 aromatic rings. The van der Waals surface area contributed by atoms with Crippen molar-refractivity contribution in [2.24, 2.45) is 0 Å². The van der Waals surface area contributed by atoms with Crippen LogP contribution in [-0.4, -0.2) is 25.4 Å². The number of aliphatic hydroxyl groups excluding tert-OH is 1. The molecular formula is C7H17O5PS. The minimum atomic E-state index is -3.42. The smallest absolute Gasteiger partial charge is 0.396 e. The van der Waals surface area contributed by atoms with Crippen LogP contribution in [0, 0.1) is 0 Å². The predicted molar refractivity (Wildman–Crippen MR) is 56.2 cm³/mol. The molecule has 0 aliphatic carbocycles. The van der Waals surface area contributed by atoms with Gasteiger partial charge in [-0.2, -0.15) is 0 Å². The second-order valence-corrected chi connectivity index (χ2v) is 4.85. The lowest BCUT2D eigenvalue weighted by molar-refractivity contribution is 0.184. The third-order valence-electron chi connectivity index (χ3n) is 1.63. The Hall–Kier alpha value is 0.420. The summed E-state index contributed by atoms with van der Waals surface area (Å²) in [5, 5.41) is 8.50. The van der Waals surface area contributed by atoms with Crippen LogP contribution in [0.1, 0.15) is 25.7 Å². The number of unbranched alkanes of at least 4 members (excludes halogenated alkanes) is 3. The van der Waals surface area contributed by atoms with Gasteiger partial charge in [-0.05, 0) is 25.8 Å². The van der Waals surface area contributed by atoms with Gasteiger partial charge in [0.05, 0.1) is 6.61 Å². The Balaban J connectivity index is 3.39. The maximum atomic E-state index is 11.3. The lowest BCUT2D eigenvalue weighted by atomic mass is 10.2. The van der Waals surface area contributed by atoms with Gasteiger partial charge >= 0.3 is 7.82 Å². The summed E-state index contributed by atoms with van der Waals surface area (Å²) in [5.41, 5.74) is 0. The highest BCUT2D eigenvalue weighted by molar-refractivity contribution is 7.80. The minimum absolute atomic E-state index is 0.206. The molecule has 5 nitrogen and oxygen atoms in total. The van der Waals surface area contributed by atoms with Crippen LogP contribution < -0.4 is 0 Å². The van der Waals surface area contributed by atoms with Gasteiger partial charge in [0.1, 0.15) is 0 Å². The van der Waals surface area contributed by atoms with Crippen molar-refractivity contribution >= 4 is 20.7 Å². The van der Waals surface area contributed by atoms with Crippen molar-refractivity contribution in [3.8, 4) is 0 Å². The molecule has 0 bridgehead atoms. The SMILES string of the molecule is COP(=O)(OS)OCCCCCCO. The first-order chi connectivity index (χ1) is 6.68. The molecule has 1 atom stereocenters. The molecule has 0 radical (unpaired) electrons. The number of thiol groups is 1. The third kappa shape index (κ3) is 6.81. The second kappa shape index (κ2) is 8.71. The summed E-state index contributed by atoms with van der Waals surface area (Å²) in [6.07, 6.45) is 3.38. The molecule has 0 spiro atoms. The molecule has 0 aromatic carbocycles. The summed E-state index contributed by atoms with van der Waals surface area (Å²) >= 11 is 3.39. The molecule has 86 valence electrons. The molecular weight excluding hydrogens is 227 g/mol. The van der Waals surface area contributed by atoms with Crippen molar-refractivity contribution in [2.75, 3.05) is 20.3 Å². The second-order valence-electron chi connectivity index (χ2n) is 2.68. The Morgan fingerprint density at radius 3 is 2.43 bits per heavy atom. The fourth-order valence-electron chi connectivity index (χ4n) is 0.853. The van der Waals surface area contributed by atoms with Gasteiger partial charge in [-0.15, -0.1) is 0 Å². The van der Waals surface area contributed by atoms with E-state index in [9.17, 15) is 4.57 Å². The summed E-state index contributed by atoms with van der Waals surface area (Å²) in [6.45, 7) is 0.508. The molecule has 0 aliphatic rings. The van der Waals surface area contributed by atoms with E-state index in [1.54, 1.807) is 0 Å². The summed E-state index contributed by atoms with van der Waals surface area (Å²) in [7, 11) is -2.18. The first kappa shape index (κ1) is 14.4. The van der Waals surface area contributed by atoms with E-state index in [4.69, 9.17) is 9.63 Å². The van der Waals surface area contributed by atoms with Crippen molar-refractivity contribution < 1.29 is 22.7 Å². The van der Waals surface area contributed by atoms with Gasteiger partial charge in [0.25, 0.3) is 0 Å². The van der Waals surface area contributed by atoms with E-state index in [2.05, 4.69) is 21.4 Å². The number of phosphoric ester groups is 1. The molecule has 7 heteroatoms. The van der Waals surface area contributed by atoms with E-state index in [-0.39, 0.29) is 6.61 Å². The molecule has 0 amide bonds. The van der Waals surface area contributed by atoms with Crippen LogP contribution in [0.3, 0.4) is 0 Å². The van der Waals surface area contributed by atoms with Gasteiger partial charge in [0.2, 0.25) is 0 Å². The molecule has 0 saturated carbocycles. The zero-order valence-corrected chi connectivity index (χ0v) is 10.0. The average molecular weight is 244 g/mol. The summed E-state index contributed by atoms with van der Waals surface area (Å²) < 4.78 is 24.9. The number of phosphoric acid groups is 1. The van der Waals surface area contributed by atoms with Gasteiger partial charge in [-0.1, -0.05) is 12.8 Å². The Morgan fingerprint density at radius 2 is 1.93 bits per heavy atom. The van der Waals surface area contributed by atoms with Crippen molar-refractivity contribution in [2.45, 2.75) is 25.7 Å². The van der Waals surface area contributed by atoms with Gasteiger partial charge in [0, 0.05) is 13.7 Å². The Labute approximate surface area is 90.0 Å². The molecule has 0 aliphatic heterocycles. The fourth-order valence-corrected chi connectivity index (χ4v) is 1.77.